The third-order valence-electron chi connectivity index (χ3n) is 1.65. The monoisotopic (exact) mass is 306 g/mol. The molecule has 2 nitrogen and oxygen atoms in total. The summed E-state index contributed by atoms with van der Waals surface area (Å²) in [5, 5.41) is 5.64. The topological polar surface area (TPSA) is 24.1 Å². The van der Waals surface area contributed by atoms with E-state index in [0.29, 0.717) is 6.54 Å². The molecule has 1 aromatic rings. The van der Waals surface area contributed by atoms with Crippen molar-refractivity contribution in [2.24, 2.45) is 0 Å². The quantitative estimate of drug-likeness (QED) is 0.662. The molecule has 0 unspecified atom stereocenters. The van der Waals surface area contributed by atoms with Crippen LogP contribution in [0, 0.1) is 11.6 Å². The molecule has 1 rings (SSSR count). The molecule has 0 saturated carbocycles. The first-order valence-electron chi connectivity index (χ1n) is 4.35. The summed E-state index contributed by atoms with van der Waals surface area (Å²) in [7, 11) is 0. The van der Waals surface area contributed by atoms with Gasteiger partial charge in [-0.3, -0.25) is 0 Å². The fraction of sp³-hybridized carbons (Fsp3) is 0.100. The van der Waals surface area contributed by atoms with Gasteiger partial charge in [0.25, 0.3) is 0 Å². The van der Waals surface area contributed by atoms with Crippen LogP contribution in [0.5, 0.6) is 0 Å². The maximum atomic E-state index is 13.4. The SMILES string of the molecule is C=CCNC(=S)Nc1c(F)cc(F)cc1Br. The van der Waals surface area contributed by atoms with Crippen LogP contribution in [-0.2, 0) is 0 Å². The van der Waals surface area contributed by atoms with Crippen LogP contribution < -0.4 is 10.6 Å². The Bertz CT molecular complexity index is 400. The summed E-state index contributed by atoms with van der Waals surface area (Å²) in [6, 6.07) is 1.94. The molecule has 1 aromatic carbocycles. The van der Waals surface area contributed by atoms with Crippen LogP contribution in [0.2, 0.25) is 0 Å². The predicted octanol–water partition coefficient (Wildman–Crippen LogP) is 3.20. The van der Waals surface area contributed by atoms with Gasteiger partial charge in [0.2, 0.25) is 0 Å². The van der Waals surface area contributed by atoms with Crippen molar-refractivity contribution in [2.45, 2.75) is 0 Å². The normalized spacial score (nSPS) is 9.69. The van der Waals surface area contributed by atoms with Crippen LogP contribution >= 0.6 is 28.1 Å². The summed E-state index contributed by atoms with van der Waals surface area (Å²) in [6.45, 7) is 3.97. The Labute approximate surface area is 106 Å². The maximum Gasteiger partial charge on any atom is 0.171 e. The van der Waals surface area contributed by atoms with Crippen LogP contribution in [0.25, 0.3) is 0 Å². The Hall–Kier alpha value is -1.01. The minimum absolute atomic E-state index is 0.1000. The molecule has 2 N–H and O–H groups in total. The van der Waals surface area contributed by atoms with Crippen molar-refractivity contribution in [2.75, 3.05) is 11.9 Å². The lowest BCUT2D eigenvalue weighted by atomic mass is 10.3. The number of benzene rings is 1. The molecule has 0 atom stereocenters. The Balaban J connectivity index is 2.81. The summed E-state index contributed by atoms with van der Waals surface area (Å²) in [4.78, 5) is 0. The third-order valence-corrected chi connectivity index (χ3v) is 2.52. The molecule has 86 valence electrons. The largest absolute Gasteiger partial charge is 0.359 e. The predicted molar refractivity (Wildman–Crippen MR) is 68.5 cm³/mol. The molecule has 0 spiro atoms. The number of hydrogen-bond acceptors (Lipinski definition) is 1. The van der Waals surface area contributed by atoms with Gasteiger partial charge in [0.15, 0.2) is 10.9 Å². The van der Waals surface area contributed by atoms with Crippen LogP contribution in [0.15, 0.2) is 29.3 Å². The molecule has 6 heteroatoms. The Kier molecular flexibility index (Phi) is 4.82. The standard InChI is InChI=1S/C10H9BrF2N2S/c1-2-3-14-10(16)15-9-7(11)4-6(12)5-8(9)13/h2,4-5H,1,3H2,(H2,14,15,16). The van der Waals surface area contributed by atoms with Crippen molar-refractivity contribution in [3.05, 3.63) is 40.9 Å². The van der Waals surface area contributed by atoms with Crippen LogP contribution in [-0.4, -0.2) is 11.7 Å². The van der Waals surface area contributed by atoms with Gasteiger partial charge in [-0.25, -0.2) is 8.78 Å². The average Bonchev–Trinajstić information content (AvgIpc) is 2.20. The summed E-state index contributed by atoms with van der Waals surface area (Å²) in [5.74, 6) is -1.37. The fourth-order valence-corrected chi connectivity index (χ4v) is 1.68. The van der Waals surface area contributed by atoms with Gasteiger partial charge in [-0.15, -0.1) is 6.58 Å². The lowest BCUT2D eigenvalue weighted by molar-refractivity contribution is 0.585. The summed E-state index contributed by atoms with van der Waals surface area (Å²) >= 11 is 7.95. The molecular formula is C10H9BrF2N2S. The van der Waals surface area contributed by atoms with E-state index in [1.807, 2.05) is 0 Å². The zero-order valence-electron chi connectivity index (χ0n) is 8.19. The Morgan fingerprint density at radius 2 is 2.19 bits per heavy atom. The minimum atomic E-state index is -0.713. The van der Waals surface area contributed by atoms with Gasteiger partial charge in [-0.2, -0.15) is 0 Å². The van der Waals surface area contributed by atoms with E-state index >= 15 is 0 Å². The third kappa shape index (κ3) is 3.53. The summed E-state index contributed by atoms with van der Waals surface area (Å²) in [6.07, 6.45) is 1.62. The van der Waals surface area contributed by atoms with Crippen LogP contribution in [0.3, 0.4) is 0 Å². The Morgan fingerprint density at radius 3 is 2.75 bits per heavy atom. The van der Waals surface area contributed by atoms with E-state index in [2.05, 4.69) is 33.1 Å². The highest BCUT2D eigenvalue weighted by Crippen LogP contribution is 2.26. The van der Waals surface area contributed by atoms with E-state index in [-0.39, 0.29) is 15.3 Å². The van der Waals surface area contributed by atoms with Gasteiger partial charge in [0.05, 0.1) is 5.69 Å². The molecule has 0 radical (unpaired) electrons. The molecule has 0 bridgehead atoms. The van der Waals surface area contributed by atoms with Gasteiger partial charge in [-0.1, -0.05) is 6.08 Å². The van der Waals surface area contributed by atoms with Gasteiger partial charge in [0.1, 0.15) is 5.82 Å². The zero-order chi connectivity index (χ0) is 12.1. The second-order valence-electron chi connectivity index (χ2n) is 2.87. The van der Waals surface area contributed by atoms with Crippen molar-refractivity contribution in [1.29, 1.82) is 0 Å². The molecular weight excluding hydrogens is 298 g/mol. The fourth-order valence-electron chi connectivity index (χ4n) is 0.984. The van der Waals surface area contributed by atoms with E-state index in [4.69, 9.17) is 12.2 Å². The van der Waals surface area contributed by atoms with E-state index in [0.717, 1.165) is 12.1 Å². The molecule has 0 amide bonds. The summed E-state index contributed by atoms with van der Waals surface area (Å²) in [5.41, 5.74) is 0.1000. The first-order chi connectivity index (χ1) is 7.54. The molecule has 0 aromatic heterocycles. The van der Waals surface area contributed by atoms with Gasteiger partial charge < -0.3 is 10.6 Å². The highest BCUT2D eigenvalue weighted by molar-refractivity contribution is 9.10. The first-order valence-corrected chi connectivity index (χ1v) is 5.55. The zero-order valence-corrected chi connectivity index (χ0v) is 10.6. The smallest absolute Gasteiger partial charge is 0.171 e. The van der Waals surface area contributed by atoms with E-state index < -0.39 is 11.6 Å². The lowest BCUT2D eigenvalue weighted by Crippen LogP contribution is -2.28. The molecule has 0 aliphatic rings. The maximum absolute atomic E-state index is 13.4. The number of hydrogen-bond donors (Lipinski definition) is 2. The van der Waals surface area contributed by atoms with Crippen molar-refractivity contribution in [3.8, 4) is 0 Å². The molecule has 16 heavy (non-hydrogen) atoms. The highest BCUT2D eigenvalue weighted by atomic mass is 79.9. The van der Waals surface area contributed by atoms with Gasteiger partial charge in [0, 0.05) is 17.1 Å². The number of halogens is 3. The second-order valence-corrected chi connectivity index (χ2v) is 4.13. The number of anilines is 1. The second kappa shape index (κ2) is 5.91. The number of thiocarbonyl (C=S) groups is 1. The molecule has 0 fully saturated rings. The van der Waals surface area contributed by atoms with Crippen molar-refractivity contribution < 1.29 is 8.78 Å². The minimum Gasteiger partial charge on any atom is -0.359 e. The Morgan fingerprint density at radius 1 is 1.50 bits per heavy atom. The van der Waals surface area contributed by atoms with Crippen LogP contribution in [0.4, 0.5) is 14.5 Å². The van der Waals surface area contributed by atoms with Crippen molar-refractivity contribution in [3.63, 3.8) is 0 Å². The van der Waals surface area contributed by atoms with Gasteiger partial charge >= 0.3 is 0 Å². The lowest BCUT2D eigenvalue weighted by Gasteiger charge is -2.11. The highest BCUT2D eigenvalue weighted by Gasteiger charge is 2.10. The van der Waals surface area contributed by atoms with Gasteiger partial charge in [-0.05, 0) is 34.2 Å². The average molecular weight is 307 g/mol. The van der Waals surface area contributed by atoms with Crippen molar-refractivity contribution in [1.82, 2.24) is 5.32 Å². The van der Waals surface area contributed by atoms with E-state index in [1.165, 1.54) is 0 Å². The molecule has 0 aliphatic heterocycles. The van der Waals surface area contributed by atoms with Crippen LogP contribution in [0.1, 0.15) is 0 Å². The van der Waals surface area contributed by atoms with E-state index in [9.17, 15) is 8.78 Å². The number of rotatable bonds is 3. The molecule has 0 aliphatic carbocycles. The molecule has 0 heterocycles. The van der Waals surface area contributed by atoms with Crippen molar-refractivity contribution >= 4 is 38.9 Å². The number of nitrogens with one attached hydrogen (secondary N) is 2. The first kappa shape index (κ1) is 13.1. The summed E-state index contributed by atoms with van der Waals surface area (Å²) < 4.78 is 26.4. The van der Waals surface area contributed by atoms with E-state index in [1.54, 1.807) is 6.08 Å². The molecule has 0 saturated heterocycles.